The monoisotopic (exact) mass is 369 g/mol. The Labute approximate surface area is 147 Å². The zero-order chi connectivity index (χ0) is 18.7. The van der Waals surface area contributed by atoms with Gasteiger partial charge in [-0.3, -0.25) is 4.68 Å². The molecule has 0 aliphatic carbocycles. The molecule has 6 nitrogen and oxygen atoms in total. The van der Waals surface area contributed by atoms with Gasteiger partial charge in [-0.15, -0.1) is 0 Å². The average molecular weight is 369 g/mol. The summed E-state index contributed by atoms with van der Waals surface area (Å²) in [6.45, 7) is 3.97. The summed E-state index contributed by atoms with van der Waals surface area (Å²) in [4.78, 5) is 0. The van der Waals surface area contributed by atoms with Gasteiger partial charge < -0.3 is 14.4 Å². The molecule has 2 aliphatic heterocycles. The van der Waals surface area contributed by atoms with Crippen molar-refractivity contribution in [2.75, 3.05) is 13.2 Å². The smallest absolute Gasteiger partial charge is 0.377 e. The highest BCUT2D eigenvalue weighted by atomic mass is 19.4. The Morgan fingerprint density at radius 2 is 2.12 bits per heavy atom. The van der Waals surface area contributed by atoms with Gasteiger partial charge in [-0.1, -0.05) is 18.2 Å². The molecule has 0 unspecified atom stereocenters. The van der Waals surface area contributed by atoms with Gasteiger partial charge in [0.1, 0.15) is 11.4 Å². The van der Waals surface area contributed by atoms with Crippen LogP contribution < -0.4 is 0 Å². The van der Waals surface area contributed by atoms with E-state index < -0.39 is 17.5 Å². The molecule has 1 N–H and O–H groups in total. The van der Waals surface area contributed by atoms with Crippen LogP contribution in [0.25, 0.3) is 17.0 Å². The van der Waals surface area contributed by atoms with E-state index in [4.69, 9.17) is 9.26 Å². The molecule has 140 valence electrons. The molecule has 4 heterocycles. The van der Waals surface area contributed by atoms with E-state index in [0.29, 0.717) is 32.4 Å². The van der Waals surface area contributed by atoms with Crippen LogP contribution in [0.5, 0.6) is 0 Å². The van der Waals surface area contributed by atoms with Crippen molar-refractivity contribution in [1.29, 1.82) is 0 Å². The van der Waals surface area contributed by atoms with Crippen LogP contribution in [-0.2, 0) is 16.9 Å². The highest BCUT2D eigenvalue weighted by molar-refractivity contribution is 5.70. The Morgan fingerprint density at radius 1 is 1.35 bits per heavy atom. The fourth-order valence-electron chi connectivity index (χ4n) is 3.43. The molecule has 0 radical (unpaired) electrons. The summed E-state index contributed by atoms with van der Waals surface area (Å²) in [6, 6.07) is 1.79. The van der Waals surface area contributed by atoms with Crippen molar-refractivity contribution < 1.29 is 27.5 Å². The molecule has 2 atom stereocenters. The van der Waals surface area contributed by atoms with E-state index in [1.54, 1.807) is 17.7 Å². The van der Waals surface area contributed by atoms with Gasteiger partial charge in [-0.2, -0.15) is 18.3 Å². The van der Waals surface area contributed by atoms with Gasteiger partial charge in [-0.05, 0) is 25.0 Å². The molecule has 26 heavy (non-hydrogen) atoms. The zero-order valence-electron chi connectivity index (χ0n) is 14.3. The van der Waals surface area contributed by atoms with Crippen LogP contribution in [0.1, 0.15) is 43.1 Å². The van der Waals surface area contributed by atoms with Crippen LogP contribution in [0, 0.1) is 0 Å². The van der Waals surface area contributed by atoms with Crippen LogP contribution >= 0.6 is 0 Å². The number of aliphatic hydroxyl groups is 1. The maximum absolute atomic E-state index is 13.3. The molecule has 9 heteroatoms. The number of hydrogen-bond donors (Lipinski definition) is 1. The normalized spacial score (nSPS) is 22.4. The minimum Gasteiger partial charge on any atom is -0.377 e. The lowest BCUT2D eigenvalue weighted by Crippen LogP contribution is -2.40. The lowest BCUT2D eigenvalue weighted by Gasteiger charge is -2.27. The standard InChI is InChI=1S/C17H18F3N3O3/c1-9-8-23-12(7-11(21-23)10-3-5-25-6-4-10)14-13(9)15(22-26-14)16(2,24)17(18,19)20/h3,7,9,24H,4-6,8H2,1-2H3/t9-,16+/m0/s1. The van der Waals surface area contributed by atoms with Gasteiger partial charge in [-0.25, -0.2) is 0 Å². The molecular weight excluding hydrogens is 351 g/mol. The zero-order valence-corrected chi connectivity index (χ0v) is 14.3. The SMILES string of the molecule is C[C@H]1Cn2nc(C3=CCOCC3)cc2-c2onc([C@@](C)(O)C(F)(F)F)c21. The molecule has 2 aromatic heterocycles. The Bertz CT molecular complexity index is 880. The molecule has 0 fully saturated rings. The third-order valence-electron chi connectivity index (χ3n) is 4.99. The predicted octanol–water partition coefficient (Wildman–Crippen LogP) is 3.23. The van der Waals surface area contributed by atoms with Gasteiger partial charge >= 0.3 is 6.18 Å². The molecule has 2 aliphatic rings. The predicted molar refractivity (Wildman–Crippen MR) is 85.2 cm³/mol. The molecule has 4 rings (SSSR count). The van der Waals surface area contributed by atoms with Crippen LogP contribution in [0.4, 0.5) is 13.2 Å². The molecule has 0 amide bonds. The maximum Gasteiger partial charge on any atom is 0.422 e. The molecule has 0 saturated heterocycles. The Balaban J connectivity index is 1.81. The quantitative estimate of drug-likeness (QED) is 0.880. The topological polar surface area (TPSA) is 73.3 Å². The van der Waals surface area contributed by atoms with E-state index in [-0.39, 0.29) is 17.2 Å². The minimum absolute atomic E-state index is 0.231. The second-order valence-electron chi connectivity index (χ2n) is 6.90. The van der Waals surface area contributed by atoms with Crippen molar-refractivity contribution in [2.45, 2.75) is 44.5 Å². The second-order valence-corrected chi connectivity index (χ2v) is 6.90. The third-order valence-corrected chi connectivity index (χ3v) is 4.99. The van der Waals surface area contributed by atoms with Crippen molar-refractivity contribution in [2.24, 2.45) is 0 Å². The first-order valence-electron chi connectivity index (χ1n) is 8.34. The van der Waals surface area contributed by atoms with E-state index in [0.717, 1.165) is 17.7 Å². The fraction of sp³-hybridized carbons (Fsp3) is 0.529. The summed E-state index contributed by atoms with van der Waals surface area (Å²) in [5.41, 5.74) is -0.915. The van der Waals surface area contributed by atoms with Crippen LogP contribution in [0.2, 0.25) is 0 Å². The van der Waals surface area contributed by atoms with E-state index >= 15 is 0 Å². The largest absolute Gasteiger partial charge is 0.422 e. The van der Waals surface area contributed by atoms with E-state index in [9.17, 15) is 18.3 Å². The van der Waals surface area contributed by atoms with Crippen molar-refractivity contribution in [3.05, 3.63) is 29.1 Å². The summed E-state index contributed by atoms with van der Waals surface area (Å²) in [5.74, 6) is -0.0984. The summed E-state index contributed by atoms with van der Waals surface area (Å²) >= 11 is 0. The number of aromatic nitrogens is 3. The van der Waals surface area contributed by atoms with Gasteiger partial charge in [0, 0.05) is 18.0 Å². The molecule has 0 saturated carbocycles. The Hall–Kier alpha value is -2.13. The lowest BCUT2D eigenvalue weighted by molar-refractivity contribution is -0.261. The highest BCUT2D eigenvalue weighted by Crippen LogP contribution is 2.46. The molecule has 0 spiro atoms. The third kappa shape index (κ3) is 2.49. The first kappa shape index (κ1) is 17.3. The number of fused-ring (bicyclic) bond motifs is 3. The average Bonchev–Trinajstić information content (AvgIpc) is 3.19. The molecule has 2 aromatic rings. The number of hydrogen-bond acceptors (Lipinski definition) is 5. The van der Waals surface area contributed by atoms with E-state index in [1.807, 2.05) is 6.08 Å². The van der Waals surface area contributed by atoms with Crippen LogP contribution in [0.15, 0.2) is 16.7 Å². The number of rotatable bonds is 2. The first-order chi connectivity index (χ1) is 12.2. The maximum atomic E-state index is 13.3. The summed E-state index contributed by atoms with van der Waals surface area (Å²) < 4.78 is 52.1. The number of ether oxygens (including phenoxy) is 1. The van der Waals surface area contributed by atoms with Crippen molar-refractivity contribution in [3.8, 4) is 11.5 Å². The van der Waals surface area contributed by atoms with Crippen LogP contribution in [0.3, 0.4) is 0 Å². The summed E-state index contributed by atoms with van der Waals surface area (Å²) in [7, 11) is 0. The van der Waals surface area contributed by atoms with Gasteiger partial charge in [0.15, 0.2) is 5.76 Å². The van der Waals surface area contributed by atoms with Gasteiger partial charge in [0.2, 0.25) is 5.60 Å². The number of nitrogens with zero attached hydrogens (tertiary/aromatic N) is 3. The Kier molecular flexibility index (Phi) is 3.78. The summed E-state index contributed by atoms with van der Waals surface area (Å²) in [6.07, 6.45) is -2.18. The van der Waals surface area contributed by atoms with Gasteiger partial charge in [0.25, 0.3) is 0 Å². The summed E-state index contributed by atoms with van der Waals surface area (Å²) in [5, 5.41) is 18.2. The van der Waals surface area contributed by atoms with Crippen molar-refractivity contribution in [1.82, 2.24) is 14.9 Å². The highest BCUT2D eigenvalue weighted by Gasteiger charge is 2.55. The van der Waals surface area contributed by atoms with E-state index in [1.165, 1.54) is 0 Å². The van der Waals surface area contributed by atoms with E-state index in [2.05, 4.69) is 10.3 Å². The minimum atomic E-state index is -4.85. The molecular formula is C17H18F3N3O3. The molecule has 0 aromatic carbocycles. The fourth-order valence-corrected chi connectivity index (χ4v) is 3.43. The number of halogens is 3. The Morgan fingerprint density at radius 3 is 2.77 bits per heavy atom. The second kappa shape index (κ2) is 5.68. The first-order valence-corrected chi connectivity index (χ1v) is 8.34. The molecule has 0 bridgehead atoms. The lowest BCUT2D eigenvalue weighted by atomic mass is 9.87. The van der Waals surface area contributed by atoms with Crippen molar-refractivity contribution in [3.63, 3.8) is 0 Å². The van der Waals surface area contributed by atoms with Gasteiger partial charge in [0.05, 0.1) is 18.9 Å². The van der Waals surface area contributed by atoms with Crippen LogP contribution in [-0.4, -0.2) is 39.4 Å². The number of alkyl halides is 3. The van der Waals surface area contributed by atoms with Crippen molar-refractivity contribution >= 4 is 5.57 Å².